The van der Waals surface area contributed by atoms with Gasteiger partial charge >= 0.3 is 0 Å². The number of hydrogen-bond acceptors (Lipinski definition) is 5. The second kappa shape index (κ2) is 9.40. The summed E-state index contributed by atoms with van der Waals surface area (Å²) in [6.07, 6.45) is 1.89. The molecule has 1 N–H and O–H groups in total. The summed E-state index contributed by atoms with van der Waals surface area (Å²) in [5.74, 6) is 0.0197. The van der Waals surface area contributed by atoms with Crippen molar-refractivity contribution >= 4 is 27.4 Å². The zero-order valence-electron chi connectivity index (χ0n) is 17.1. The molecular formula is C22H26N2O5S. The predicted molar refractivity (Wildman–Crippen MR) is 114 cm³/mol. The number of amides is 1. The van der Waals surface area contributed by atoms with Crippen molar-refractivity contribution in [1.82, 2.24) is 4.31 Å². The fraction of sp³-hybridized carbons (Fsp3) is 0.364. The van der Waals surface area contributed by atoms with Gasteiger partial charge in [-0.05, 0) is 51.0 Å². The van der Waals surface area contributed by atoms with Crippen LogP contribution in [-0.4, -0.2) is 43.6 Å². The van der Waals surface area contributed by atoms with E-state index < -0.39 is 16.1 Å². The highest BCUT2D eigenvalue weighted by Gasteiger charge is 2.37. The Kier molecular flexibility index (Phi) is 6.89. The van der Waals surface area contributed by atoms with Crippen molar-refractivity contribution in [3.63, 3.8) is 0 Å². The van der Waals surface area contributed by atoms with Gasteiger partial charge in [-0.15, -0.1) is 0 Å². The van der Waals surface area contributed by atoms with E-state index in [1.165, 1.54) is 35.5 Å². The van der Waals surface area contributed by atoms with E-state index in [0.29, 0.717) is 36.4 Å². The molecule has 0 radical (unpaired) electrons. The van der Waals surface area contributed by atoms with Crippen molar-refractivity contribution in [2.45, 2.75) is 44.0 Å². The highest BCUT2D eigenvalue weighted by molar-refractivity contribution is 7.89. The van der Waals surface area contributed by atoms with Gasteiger partial charge in [0.15, 0.2) is 5.78 Å². The van der Waals surface area contributed by atoms with Gasteiger partial charge in [-0.2, -0.15) is 4.31 Å². The molecule has 0 spiro atoms. The van der Waals surface area contributed by atoms with Crippen LogP contribution in [0.2, 0.25) is 0 Å². The van der Waals surface area contributed by atoms with Gasteiger partial charge in [-0.25, -0.2) is 8.42 Å². The number of Topliss-reactive ketones (excluding diaryl/α,β-unsaturated/α-hetero) is 1. The molecule has 1 unspecified atom stereocenters. The second-order valence-electron chi connectivity index (χ2n) is 7.13. The molecule has 0 aromatic heterocycles. The molecular weight excluding hydrogens is 404 g/mol. The normalized spacial score (nSPS) is 17.3. The standard InChI is InChI=1S/C22H26N2O5S/c1-3-29-21-10-5-4-8-19(21)23-22(26)20-9-6-7-15-24(20)30(27,28)18-13-11-17(12-14-18)16(2)25/h4-5,8,10-14,20H,3,6-7,9,15H2,1-2H3,(H,23,26). The summed E-state index contributed by atoms with van der Waals surface area (Å²) in [5, 5.41) is 2.83. The third kappa shape index (κ3) is 4.71. The number of sulfonamides is 1. The van der Waals surface area contributed by atoms with Crippen LogP contribution in [0, 0.1) is 0 Å². The third-order valence-electron chi connectivity index (χ3n) is 5.07. The maximum Gasteiger partial charge on any atom is 0.243 e. The quantitative estimate of drug-likeness (QED) is 0.679. The van der Waals surface area contributed by atoms with Gasteiger partial charge in [0.1, 0.15) is 11.8 Å². The first-order valence-corrected chi connectivity index (χ1v) is 11.4. The Morgan fingerprint density at radius 2 is 1.80 bits per heavy atom. The zero-order chi connectivity index (χ0) is 21.7. The summed E-state index contributed by atoms with van der Waals surface area (Å²) in [4.78, 5) is 24.6. The van der Waals surface area contributed by atoms with Crippen LogP contribution in [0.25, 0.3) is 0 Å². The van der Waals surface area contributed by atoms with E-state index in [1.54, 1.807) is 18.2 Å². The Bertz CT molecular complexity index is 1020. The Balaban J connectivity index is 1.85. The first kappa shape index (κ1) is 22.0. The molecule has 1 heterocycles. The number of nitrogens with zero attached hydrogens (tertiary/aromatic N) is 1. The van der Waals surface area contributed by atoms with E-state index in [9.17, 15) is 18.0 Å². The lowest BCUT2D eigenvalue weighted by molar-refractivity contribution is -0.120. The number of anilines is 1. The van der Waals surface area contributed by atoms with E-state index >= 15 is 0 Å². The molecule has 7 nitrogen and oxygen atoms in total. The van der Waals surface area contributed by atoms with Gasteiger partial charge in [0.2, 0.25) is 15.9 Å². The molecule has 1 amide bonds. The minimum Gasteiger partial charge on any atom is -0.492 e. The molecule has 1 aliphatic heterocycles. The fourth-order valence-electron chi connectivity index (χ4n) is 3.52. The Morgan fingerprint density at radius 1 is 1.10 bits per heavy atom. The SMILES string of the molecule is CCOc1ccccc1NC(=O)C1CCCCN1S(=O)(=O)c1ccc(C(C)=O)cc1. The van der Waals surface area contributed by atoms with Gasteiger partial charge in [0.25, 0.3) is 0 Å². The second-order valence-corrected chi connectivity index (χ2v) is 9.02. The van der Waals surface area contributed by atoms with Crippen LogP contribution >= 0.6 is 0 Å². The van der Waals surface area contributed by atoms with E-state index in [0.717, 1.165) is 6.42 Å². The van der Waals surface area contributed by atoms with Crippen molar-refractivity contribution in [1.29, 1.82) is 0 Å². The monoisotopic (exact) mass is 430 g/mol. The summed E-state index contributed by atoms with van der Waals surface area (Å²) in [7, 11) is -3.88. The average Bonchev–Trinajstić information content (AvgIpc) is 2.75. The summed E-state index contributed by atoms with van der Waals surface area (Å²) >= 11 is 0. The maximum absolute atomic E-state index is 13.2. The lowest BCUT2D eigenvalue weighted by atomic mass is 10.0. The molecule has 30 heavy (non-hydrogen) atoms. The van der Waals surface area contributed by atoms with E-state index in [4.69, 9.17) is 4.74 Å². The topological polar surface area (TPSA) is 92.8 Å². The minimum absolute atomic E-state index is 0.0712. The molecule has 0 bridgehead atoms. The van der Waals surface area contributed by atoms with Crippen molar-refractivity contribution in [2.75, 3.05) is 18.5 Å². The largest absolute Gasteiger partial charge is 0.492 e. The lowest BCUT2D eigenvalue weighted by Crippen LogP contribution is -2.49. The molecule has 3 rings (SSSR count). The smallest absolute Gasteiger partial charge is 0.243 e. The lowest BCUT2D eigenvalue weighted by Gasteiger charge is -2.33. The number of carbonyl (C=O) groups is 2. The number of ether oxygens (including phenoxy) is 1. The van der Waals surface area contributed by atoms with Crippen molar-refractivity contribution in [3.8, 4) is 5.75 Å². The maximum atomic E-state index is 13.2. The first-order valence-electron chi connectivity index (χ1n) is 10.00. The van der Waals surface area contributed by atoms with Gasteiger partial charge in [-0.3, -0.25) is 9.59 Å². The molecule has 1 aliphatic rings. The van der Waals surface area contributed by atoms with Crippen molar-refractivity contribution < 1.29 is 22.7 Å². The van der Waals surface area contributed by atoms with E-state index in [1.807, 2.05) is 13.0 Å². The molecule has 0 saturated carbocycles. The molecule has 2 aromatic carbocycles. The molecule has 0 aliphatic carbocycles. The van der Waals surface area contributed by atoms with Gasteiger partial charge in [0, 0.05) is 12.1 Å². The Hall–Kier alpha value is -2.71. The first-order chi connectivity index (χ1) is 14.3. The number of benzene rings is 2. The average molecular weight is 431 g/mol. The highest BCUT2D eigenvalue weighted by atomic mass is 32.2. The van der Waals surface area contributed by atoms with E-state index in [-0.39, 0.29) is 23.1 Å². The number of para-hydroxylation sites is 2. The van der Waals surface area contributed by atoms with Gasteiger partial charge < -0.3 is 10.1 Å². The summed E-state index contributed by atoms with van der Waals surface area (Å²) < 4.78 is 33.3. The minimum atomic E-state index is -3.88. The summed E-state index contributed by atoms with van der Waals surface area (Å²) in [5.41, 5.74) is 0.951. The Labute approximate surface area is 177 Å². The summed E-state index contributed by atoms with van der Waals surface area (Å²) in [6, 6.07) is 12.1. The number of carbonyl (C=O) groups excluding carboxylic acids is 2. The summed E-state index contributed by atoms with van der Waals surface area (Å²) in [6.45, 7) is 4.00. The predicted octanol–water partition coefficient (Wildman–Crippen LogP) is 3.47. The molecule has 8 heteroatoms. The molecule has 160 valence electrons. The zero-order valence-corrected chi connectivity index (χ0v) is 17.9. The molecule has 1 fully saturated rings. The number of hydrogen-bond donors (Lipinski definition) is 1. The van der Waals surface area contributed by atoms with Crippen LogP contribution in [0.4, 0.5) is 5.69 Å². The Morgan fingerprint density at radius 3 is 2.47 bits per heavy atom. The van der Waals surface area contributed by atoms with Crippen LogP contribution in [0.15, 0.2) is 53.4 Å². The number of rotatable bonds is 7. The third-order valence-corrected chi connectivity index (χ3v) is 6.99. The molecule has 2 aromatic rings. The number of nitrogens with one attached hydrogen (secondary N) is 1. The van der Waals surface area contributed by atoms with Crippen LogP contribution < -0.4 is 10.1 Å². The number of piperidine rings is 1. The van der Waals surface area contributed by atoms with E-state index in [2.05, 4.69) is 5.32 Å². The molecule has 1 saturated heterocycles. The van der Waals surface area contributed by atoms with Crippen LogP contribution in [0.3, 0.4) is 0 Å². The van der Waals surface area contributed by atoms with Gasteiger partial charge in [-0.1, -0.05) is 30.7 Å². The van der Waals surface area contributed by atoms with Crippen molar-refractivity contribution in [2.24, 2.45) is 0 Å². The van der Waals surface area contributed by atoms with Crippen LogP contribution in [0.1, 0.15) is 43.5 Å². The number of ketones is 1. The van der Waals surface area contributed by atoms with Crippen molar-refractivity contribution in [3.05, 3.63) is 54.1 Å². The van der Waals surface area contributed by atoms with Crippen LogP contribution in [-0.2, 0) is 14.8 Å². The van der Waals surface area contributed by atoms with Crippen LogP contribution in [0.5, 0.6) is 5.75 Å². The highest BCUT2D eigenvalue weighted by Crippen LogP contribution is 2.29. The fourth-order valence-corrected chi connectivity index (χ4v) is 5.18. The van der Waals surface area contributed by atoms with Gasteiger partial charge in [0.05, 0.1) is 17.2 Å². The molecule has 1 atom stereocenters.